The van der Waals surface area contributed by atoms with Crippen LogP contribution in [-0.4, -0.2) is 125 Å². The highest BCUT2D eigenvalue weighted by Crippen LogP contribution is 2.45. The van der Waals surface area contributed by atoms with Gasteiger partial charge in [0.25, 0.3) is 0 Å². The van der Waals surface area contributed by atoms with Gasteiger partial charge in [-0.25, -0.2) is 13.6 Å². The van der Waals surface area contributed by atoms with Crippen LogP contribution in [0.5, 0.6) is 0 Å². The molecule has 7 aliphatic rings. The number of carbonyl (C=O) groups is 2. The van der Waals surface area contributed by atoms with Crippen LogP contribution in [0.15, 0.2) is 12.7 Å². The number of hydrogen-bond donors (Lipinski definition) is 4. The van der Waals surface area contributed by atoms with Crippen molar-refractivity contribution in [3.8, 4) is 0 Å². The number of nitrogens with one attached hydrogen (secondary N) is 4. The first-order chi connectivity index (χ1) is 21.3. The third-order valence-electron chi connectivity index (χ3n) is 11.8. The van der Waals surface area contributed by atoms with Crippen molar-refractivity contribution in [2.45, 2.75) is 125 Å². The zero-order valence-electron chi connectivity index (χ0n) is 26.2. The summed E-state index contributed by atoms with van der Waals surface area (Å²) in [6.07, 6.45) is 3.51. The fraction of sp³-hybridized carbons (Fsp3) is 0.875. The van der Waals surface area contributed by atoms with Crippen LogP contribution in [0, 0.1) is 17.8 Å². The zero-order valence-corrected chi connectivity index (χ0v) is 27.0. The number of piperazine rings is 1. The van der Waals surface area contributed by atoms with Crippen molar-refractivity contribution in [2.24, 2.45) is 17.8 Å². The number of halogens is 2. The molecule has 9 nitrogen and oxygen atoms in total. The average molecular weight is 636 g/mol. The molecule has 5 heterocycles. The topological polar surface area (TPSA) is 92.0 Å². The Morgan fingerprint density at radius 3 is 2.66 bits per heavy atom. The van der Waals surface area contributed by atoms with E-state index in [4.69, 9.17) is 0 Å². The number of rotatable bonds is 3. The highest BCUT2D eigenvalue weighted by Gasteiger charge is 2.60. The highest BCUT2D eigenvalue weighted by atomic mass is 32.2. The van der Waals surface area contributed by atoms with Crippen LogP contribution >= 0.6 is 11.8 Å². The van der Waals surface area contributed by atoms with E-state index in [0.29, 0.717) is 25.4 Å². The lowest BCUT2D eigenvalue weighted by Crippen LogP contribution is -2.80. The second kappa shape index (κ2) is 12.6. The third kappa shape index (κ3) is 5.48. The van der Waals surface area contributed by atoms with Gasteiger partial charge in [-0.2, -0.15) is 11.8 Å². The molecule has 0 radical (unpaired) electrons. The quantitative estimate of drug-likeness (QED) is 0.355. The molecule has 2 bridgehead atoms. The van der Waals surface area contributed by atoms with Gasteiger partial charge < -0.3 is 25.8 Å². The van der Waals surface area contributed by atoms with E-state index in [1.54, 1.807) is 0 Å². The summed E-state index contributed by atoms with van der Waals surface area (Å²) in [5.41, 5.74) is 0. The molecule has 12 heteroatoms. The average Bonchev–Trinajstić information content (AvgIpc) is 3.81. The molecule has 7 fully saturated rings. The standard InChI is InChI=1S/C32H51F2N7O2S/c1-4-25(42)39-12-13-40(23-16-22(23)39)30-18-15-20(34)28-26-19(33)7-5-8-21(26)35-10-6-14-44-24-9-11-36-27(17(2)3)29(24)41(31(18)37-28)32(43)38-30/h4,17-24,26-31,35-37H,1,5-16H2,2-3H3,(H,38,43)/t18?,19?,20?,21?,22?,23-,24?,26?,27?,28?,29?,30?,31?/m1/s1. The van der Waals surface area contributed by atoms with Crippen molar-refractivity contribution in [1.29, 1.82) is 0 Å². The first-order valence-electron chi connectivity index (χ1n) is 17.2. The molecule has 2 saturated carbocycles. The molecule has 2 aliphatic carbocycles. The predicted molar refractivity (Wildman–Crippen MR) is 169 cm³/mol. The lowest BCUT2D eigenvalue weighted by atomic mass is 9.72. The summed E-state index contributed by atoms with van der Waals surface area (Å²) in [5.74, 6) is 0.544. The number of carbonyl (C=O) groups excluding carboxylic acids is 2. The monoisotopic (exact) mass is 635 g/mol. The van der Waals surface area contributed by atoms with Crippen molar-refractivity contribution >= 4 is 23.7 Å². The summed E-state index contributed by atoms with van der Waals surface area (Å²) < 4.78 is 32.5. The fourth-order valence-electron chi connectivity index (χ4n) is 9.69. The summed E-state index contributed by atoms with van der Waals surface area (Å²) in [6, 6.07) is -0.572. The van der Waals surface area contributed by atoms with Gasteiger partial charge in [0.15, 0.2) is 0 Å². The van der Waals surface area contributed by atoms with E-state index in [9.17, 15) is 9.59 Å². The molecule has 44 heavy (non-hydrogen) atoms. The predicted octanol–water partition coefficient (Wildman–Crippen LogP) is 2.44. The fourth-order valence-corrected chi connectivity index (χ4v) is 11.1. The summed E-state index contributed by atoms with van der Waals surface area (Å²) >= 11 is 1.96. The molecule has 12 unspecified atom stereocenters. The number of urea groups is 1. The smallest absolute Gasteiger partial charge is 0.320 e. The Balaban J connectivity index is 1.25. The number of hydrogen-bond acceptors (Lipinski definition) is 7. The van der Waals surface area contributed by atoms with Gasteiger partial charge in [-0.3, -0.25) is 15.0 Å². The van der Waals surface area contributed by atoms with E-state index >= 15 is 8.78 Å². The second-order valence-corrected chi connectivity index (χ2v) is 15.9. The molecule has 0 aromatic carbocycles. The Morgan fingerprint density at radius 1 is 1.02 bits per heavy atom. The molecule has 5 aliphatic heterocycles. The van der Waals surface area contributed by atoms with Gasteiger partial charge in [0.1, 0.15) is 12.3 Å². The van der Waals surface area contributed by atoms with Crippen LogP contribution < -0.4 is 21.3 Å². The van der Waals surface area contributed by atoms with Gasteiger partial charge in [0.05, 0.1) is 18.4 Å². The van der Waals surface area contributed by atoms with Gasteiger partial charge in [-0.15, -0.1) is 0 Å². The van der Waals surface area contributed by atoms with E-state index in [1.807, 2.05) is 21.6 Å². The SMILES string of the molecule is C=CC(=O)N1CCN(C2NC(=O)N3C4NC(C(F)CC42)C2C(F)CCCC2NCCCSC2CCNC(C(C)C)C23)[C@@H]2CC21. The minimum atomic E-state index is -1.22. The minimum Gasteiger partial charge on any atom is -0.333 e. The number of piperidine rings is 2. The molecule has 0 aromatic heterocycles. The van der Waals surface area contributed by atoms with Crippen LogP contribution in [-0.2, 0) is 4.79 Å². The van der Waals surface area contributed by atoms with Gasteiger partial charge in [-0.05, 0) is 75.8 Å². The van der Waals surface area contributed by atoms with E-state index < -0.39 is 30.5 Å². The van der Waals surface area contributed by atoms with E-state index in [2.05, 4.69) is 46.6 Å². The van der Waals surface area contributed by atoms with Crippen LogP contribution in [0.3, 0.4) is 0 Å². The molecular weight excluding hydrogens is 584 g/mol. The van der Waals surface area contributed by atoms with Crippen molar-refractivity contribution in [3.05, 3.63) is 12.7 Å². The number of nitrogens with zero attached hydrogens (tertiary/aromatic N) is 3. The third-order valence-corrected chi connectivity index (χ3v) is 13.2. The van der Waals surface area contributed by atoms with Crippen LogP contribution in [0.25, 0.3) is 0 Å². The van der Waals surface area contributed by atoms with Crippen molar-refractivity contribution in [2.75, 3.05) is 31.9 Å². The maximum Gasteiger partial charge on any atom is 0.320 e. The van der Waals surface area contributed by atoms with Crippen molar-refractivity contribution in [1.82, 2.24) is 36.0 Å². The summed E-state index contributed by atoms with van der Waals surface area (Å²) in [5, 5.41) is 14.7. The van der Waals surface area contributed by atoms with E-state index in [0.717, 1.165) is 50.9 Å². The summed E-state index contributed by atoms with van der Waals surface area (Å²) in [6.45, 7) is 11.0. The van der Waals surface area contributed by atoms with Crippen LogP contribution in [0.4, 0.5) is 13.6 Å². The van der Waals surface area contributed by atoms with E-state index in [-0.39, 0.29) is 65.9 Å². The lowest BCUT2D eigenvalue weighted by Gasteiger charge is -2.59. The molecule has 0 aromatic rings. The molecule has 13 atom stereocenters. The zero-order chi connectivity index (χ0) is 30.7. The van der Waals surface area contributed by atoms with Gasteiger partial charge in [-0.1, -0.05) is 20.4 Å². The van der Waals surface area contributed by atoms with Gasteiger partial charge in [0, 0.05) is 60.4 Å². The normalized spacial score (nSPS) is 46.3. The highest BCUT2D eigenvalue weighted by molar-refractivity contribution is 7.99. The largest absolute Gasteiger partial charge is 0.333 e. The number of alkyl halides is 2. The minimum absolute atomic E-state index is 0.0540. The molecule has 3 amide bonds. The maximum atomic E-state index is 16.6. The Morgan fingerprint density at radius 2 is 1.86 bits per heavy atom. The Bertz CT molecular complexity index is 1100. The first-order valence-corrected chi connectivity index (χ1v) is 18.2. The van der Waals surface area contributed by atoms with Crippen molar-refractivity contribution in [3.63, 3.8) is 0 Å². The maximum absolute atomic E-state index is 16.6. The van der Waals surface area contributed by atoms with Crippen LogP contribution in [0.1, 0.15) is 58.8 Å². The first kappa shape index (κ1) is 31.1. The lowest BCUT2D eigenvalue weighted by molar-refractivity contribution is -0.130. The van der Waals surface area contributed by atoms with Crippen molar-refractivity contribution < 1.29 is 18.4 Å². The van der Waals surface area contributed by atoms with Gasteiger partial charge >= 0.3 is 6.03 Å². The molecule has 246 valence electrons. The molecule has 5 saturated heterocycles. The van der Waals surface area contributed by atoms with Crippen LogP contribution in [0.2, 0.25) is 0 Å². The molecule has 0 spiro atoms. The summed E-state index contributed by atoms with van der Waals surface area (Å²) in [7, 11) is 0. The van der Waals surface area contributed by atoms with Gasteiger partial charge in [0.2, 0.25) is 5.91 Å². The number of thioether (sulfide) groups is 1. The second-order valence-electron chi connectivity index (χ2n) is 14.5. The molecule has 7 rings (SSSR count). The summed E-state index contributed by atoms with van der Waals surface area (Å²) in [4.78, 5) is 33.2. The molecule has 4 N–H and O–H groups in total. The number of amides is 3. The Hall–Kier alpha value is -1.47. The number of fused-ring (bicyclic) bond motifs is 6. The Kier molecular flexibility index (Phi) is 8.93. The Labute approximate surface area is 265 Å². The molecular formula is C32H51F2N7O2S. The van der Waals surface area contributed by atoms with E-state index in [1.165, 1.54) is 6.08 Å².